The molecule has 108 valence electrons. The normalized spacial score (nSPS) is 10.9. The first kappa shape index (κ1) is 14.0. The largest absolute Gasteiger partial charge is 0.436 e. The summed E-state index contributed by atoms with van der Waals surface area (Å²) in [6.07, 6.45) is 1.48. The van der Waals surface area contributed by atoms with Crippen LogP contribution in [0.3, 0.4) is 0 Å². The summed E-state index contributed by atoms with van der Waals surface area (Å²) in [4.78, 5) is 15.3. The lowest BCUT2D eigenvalue weighted by molar-refractivity contribution is 0.460. The molecule has 0 radical (unpaired) electrons. The van der Waals surface area contributed by atoms with Gasteiger partial charge in [0.1, 0.15) is 17.1 Å². The molecule has 0 amide bonds. The number of fused-ring (bicyclic) bond motifs is 1. The van der Waals surface area contributed by atoms with Crippen molar-refractivity contribution in [1.82, 2.24) is 19.9 Å². The van der Waals surface area contributed by atoms with Crippen molar-refractivity contribution in [3.8, 4) is 11.6 Å². The third-order valence-corrected chi connectivity index (χ3v) is 3.57. The fourth-order valence-corrected chi connectivity index (χ4v) is 2.40. The van der Waals surface area contributed by atoms with Crippen molar-refractivity contribution >= 4 is 44.6 Å². The standard InChI is InChI=1S/C12H8BrClFN5O/c1-16-12-19-10-9(17-4-18-10)11(20-12)21-8-3-7(15)6(14)2-5(8)13/h2-4H,1H3,(H2,16,17,18,19,20). The molecule has 0 atom stereocenters. The van der Waals surface area contributed by atoms with Gasteiger partial charge in [-0.3, -0.25) is 0 Å². The zero-order valence-corrected chi connectivity index (χ0v) is 13.0. The van der Waals surface area contributed by atoms with Crippen molar-refractivity contribution in [2.24, 2.45) is 0 Å². The maximum absolute atomic E-state index is 13.6. The summed E-state index contributed by atoms with van der Waals surface area (Å²) in [7, 11) is 1.68. The maximum atomic E-state index is 13.6. The van der Waals surface area contributed by atoms with E-state index in [0.29, 0.717) is 21.6 Å². The minimum atomic E-state index is -0.585. The van der Waals surface area contributed by atoms with Crippen LogP contribution in [0.2, 0.25) is 5.02 Å². The zero-order chi connectivity index (χ0) is 15.0. The smallest absolute Gasteiger partial charge is 0.250 e. The van der Waals surface area contributed by atoms with Crippen LogP contribution in [0, 0.1) is 5.82 Å². The monoisotopic (exact) mass is 371 g/mol. The summed E-state index contributed by atoms with van der Waals surface area (Å²) in [5.74, 6) is 0.228. The molecule has 0 aliphatic heterocycles. The molecule has 0 bridgehead atoms. The number of anilines is 1. The Morgan fingerprint density at radius 2 is 2.19 bits per heavy atom. The van der Waals surface area contributed by atoms with Crippen LogP contribution in [-0.4, -0.2) is 27.0 Å². The van der Waals surface area contributed by atoms with Crippen molar-refractivity contribution in [3.05, 3.63) is 33.8 Å². The molecule has 9 heteroatoms. The van der Waals surface area contributed by atoms with Gasteiger partial charge in [0.2, 0.25) is 5.95 Å². The van der Waals surface area contributed by atoms with Crippen molar-refractivity contribution in [3.63, 3.8) is 0 Å². The average Bonchev–Trinajstić information content (AvgIpc) is 2.93. The van der Waals surface area contributed by atoms with Crippen LogP contribution in [-0.2, 0) is 0 Å². The highest BCUT2D eigenvalue weighted by Crippen LogP contribution is 2.35. The zero-order valence-electron chi connectivity index (χ0n) is 10.6. The van der Waals surface area contributed by atoms with Crippen molar-refractivity contribution < 1.29 is 9.13 Å². The van der Waals surface area contributed by atoms with Gasteiger partial charge in [0.05, 0.1) is 15.8 Å². The first-order valence-electron chi connectivity index (χ1n) is 5.79. The molecule has 0 spiro atoms. The minimum Gasteiger partial charge on any atom is -0.436 e. The molecule has 2 N–H and O–H groups in total. The van der Waals surface area contributed by atoms with E-state index in [-0.39, 0.29) is 16.7 Å². The van der Waals surface area contributed by atoms with Gasteiger partial charge in [-0.15, -0.1) is 0 Å². The van der Waals surface area contributed by atoms with Gasteiger partial charge in [-0.2, -0.15) is 9.97 Å². The van der Waals surface area contributed by atoms with E-state index in [4.69, 9.17) is 16.3 Å². The lowest BCUT2D eigenvalue weighted by atomic mass is 10.3. The molecule has 3 aromatic rings. The van der Waals surface area contributed by atoms with E-state index in [9.17, 15) is 4.39 Å². The topological polar surface area (TPSA) is 75.7 Å². The Hall–Kier alpha value is -1.93. The molecule has 0 aliphatic carbocycles. The minimum absolute atomic E-state index is 0.000450. The van der Waals surface area contributed by atoms with Crippen LogP contribution in [0.5, 0.6) is 11.6 Å². The Bertz CT molecular complexity index is 825. The molecular weight excluding hydrogens is 365 g/mol. The summed E-state index contributed by atoms with van der Waals surface area (Å²) < 4.78 is 19.7. The number of H-pyrrole nitrogens is 1. The van der Waals surface area contributed by atoms with E-state index in [0.717, 1.165) is 0 Å². The van der Waals surface area contributed by atoms with E-state index < -0.39 is 5.82 Å². The van der Waals surface area contributed by atoms with Crippen LogP contribution < -0.4 is 10.1 Å². The molecule has 0 unspecified atom stereocenters. The van der Waals surface area contributed by atoms with E-state index in [1.165, 1.54) is 18.5 Å². The molecule has 6 nitrogen and oxygen atoms in total. The molecule has 0 fully saturated rings. The number of nitrogens with one attached hydrogen (secondary N) is 2. The molecular formula is C12H8BrClFN5O. The van der Waals surface area contributed by atoms with Crippen molar-refractivity contribution in [2.45, 2.75) is 0 Å². The number of imidazole rings is 1. The molecule has 0 aliphatic rings. The number of aromatic amines is 1. The number of halogens is 3. The quantitative estimate of drug-likeness (QED) is 0.685. The van der Waals surface area contributed by atoms with E-state index in [1.54, 1.807) is 7.05 Å². The fourth-order valence-electron chi connectivity index (χ4n) is 1.68. The summed E-state index contributed by atoms with van der Waals surface area (Å²) in [5.41, 5.74) is 0.950. The highest BCUT2D eigenvalue weighted by Gasteiger charge is 2.14. The Morgan fingerprint density at radius 1 is 1.38 bits per heavy atom. The second-order valence-electron chi connectivity index (χ2n) is 4.00. The lowest BCUT2D eigenvalue weighted by Crippen LogP contribution is -2.00. The number of ether oxygens (including phenoxy) is 1. The third-order valence-electron chi connectivity index (χ3n) is 2.66. The number of rotatable bonds is 3. The summed E-state index contributed by atoms with van der Waals surface area (Å²) in [5, 5.41) is 2.81. The summed E-state index contributed by atoms with van der Waals surface area (Å²) in [6, 6.07) is 2.59. The first-order chi connectivity index (χ1) is 10.1. The molecule has 0 saturated heterocycles. The van der Waals surface area contributed by atoms with E-state index in [1.807, 2.05) is 0 Å². The predicted molar refractivity (Wildman–Crippen MR) is 80.4 cm³/mol. The van der Waals surface area contributed by atoms with Crippen molar-refractivity contribution in [1.29, 1.82) is 0 Å². The van der Waals surface area contributed by atoms with E-state index in [2.05, 4.69) is 41.2 Å². The average molecular weight is 373 g/mol. The summed E-state index contributed by atoms with van der Waals surface area (Å²) in [6.45, 7) is 0. The van der Waals surface area contributed by atoms with E-state index >= 15 is 0 Å². The fraction of sp³-hybridized carbons (Fsp3) is 0.0833. The third kappa shape index (κ3) is 2.64. The molecule has 1 aromatic carbocycles. The van der Waals surface area contributed by atoms with Crippen LogP contribution in [0.4, 0.5) is 10.3 Å². The van der Waals surface area contributed by atoms with Gasteiger partial charge in [-0.05, 0) is 22.0 Å². The Balaban J connectivity index is 2.09. The molecule has 2 heterocycles. The SMILES string of the molecule is CNc1nc(Oc2cc(F)c(Cl)cc2Br)c2[nH]cnc2n1. The number of hydrogen-bond donors (Lipinski definition) is 2. The molecule has 3 rings (SSSR count). The molecule has 2 aromatic heterocycles. The second-order valence-corrected chi connectivity index (χ2v) is 5.26. The van der Waals surface area contributed by atoms with Gasteiger partial charge in [0, 0.05) is 13.1 Å². The van der Waals surface area contributed by atoms with Crippen LogP contribution >= 0.6 is 27.5 Å². The highest BCUT2D eigenvalue weighted by molar-refractivity contribution is 9.10. The predicted octanol–water partition coefficient (Wildman–Crippen LogP) is 3.74. The maximum Gasteiger partial charge on any atom is 0.250 e. The van der Waals surface area contributed by atoms with Crippen LogP contribution in [0.25, 0.3) is 11.2 Å². The Morgan fingerprint density at radius 3 is 2.95 bits per heavy atom. The van der Waals surface area contributed by atoms with Gasteiger partial charge in [0.25, 0.3) is 5.88 Å². The lowest BCUT2D eigenvalue weighted by Gasteiger charge is -2.09. The Kier molecular flexibility index (Phi) is 3.64. The number of benzene rings is 1. The van der Waals surface area contributed by atoms with Gasteiger partial charge >= 0.3 is 0 Å². The number of nitrogens with zero attached hydrogens (tertiary/aromatic N) is 3. The molecule has 0 saturated carbocycles. The summed E-state index contributed by atoms with van der Waals surface area (Å²) >= 11 is 8.97. The van der Waals surface area contributed by atoms with Crippen molar-refractivity contribution in [2.75, 3.05) is 12.4 Å². The van der Waals surface area contributed by atoms with Gasteiger partial charge in [0.15, 0.2) is 5.65 Å². The second kappa shape index (κ2) is 5.45. The number of aromatic nitrogens is 4. The van der Waals surface area contributed by atoms with Gasteiger partial charge in [-0.1, -0.05) is 11.6 Å². The number of hydrogen-bond acceptors (Lipinski definition) is 5. The highest BCUT2D eigenvalue weighted by atomic mass is 79.9. The van der Waals surface area contributed by atoms with Crippen LogP contribution in [0.15, 0.2) is 22.9 Å². The molecule has 21 heavy (non-hydrogen) atoms. The van der Waals surface area contributed by atoms with Gasteiger partial charge in [-0.25, -0.2) is 9.37 Å². The first-order valence-corrected chi connectivity index (χ1v) is 6.97. The van der Waals surface area contributed by atoms with Crippen LogP contribution in [0.1, 0.15) is 0 Å². The van der Waals surface area contributed by atoms with Gasteiger partial charge < -0.3 is 15.0 Å². The Labute approximate surface area is 131 Å².